The maximum Gasteiger partial charge on any atom is 0.264 e. The molecule has 1 atom stereocenters. The highest BCUT2D eigenvalue weighted by Crippen LogP contribution is 2.56. The second-order valence-electron chi connectivity index (χ2n) is 7.87. The first-order valence-corrected chi connectivity index (χ1v) is 12.0. The molecule has 0 radical (unpaired) electrons. The maximum atomic E-state index is 13.8. The van der Waals surface area contributed by atoms with E-state index in [4.69, 9.17) is 0 Å². The Morgan fingerprint density at radius 2 is 1.87 bits per heavy atom. The molecule has 2 aromatic rings. The molecule has 3 aliphatic rings. The lowest BCUT2D eigenvalue weighted by Gasteiger charge is -2.33. The van der Waals surface area contributed by atoms with Gasteiger partial charge in [-0.05, 0) is 48.7 Å². The standard InChI is InChI=1S/C21H21N3O4S2/c1-22(2)30(27,28)15-7-8-16-14(13-15)10-12-23(16)20(26)21-11-9-19(25)24(21)17-5-3-4-6-18(17)29-21/h3-8,13H,9-12H2,1-2H3. The summed E-state index contributed by atoms with van der Waals surface area (Å²) in [6.07, 6.45) is 1.39. The number of hydrogen-bond donors (Lipinski definition) is 0. The molecule has 1 unspecified atom stereocenters. The van der Waals surface area contributed by atoms with Gasteiger partial charge in [0.15, 0.2) is 4.87 Å². The number of benzene rings is 2. The number of carbonyl (C=O) groups excluding carboxylic acids is 2. The number of fused-ring (bicyclic) bond motifs is 4. The van der Waals surface area contributed by atoms with Crippen molar-refractivity contribution in [2.24, 2.45) is 0 Å². The smallest absolute Gasteiger partial charge is 0.264 e. The molecular weight excluding hydrogens is 422 g/mol. The quantitative estimate of drug-likeness (QED) is 0.728. The number of rotatable bonds is 3. The molecule has 0 aromatic heterocycles. The fraction of sp³-hybridized carbons (Fsp3) is 0.333. The Balaban J connectivity index is 1.52. The van der Waals surface area contributed by atoms with E-state index < -0.39 is 14.9 Å². The summed E-state index contributed by atoms with van der Waals surface area (Å²) < 4.78 is 26.1. The van der Waals surface area contributed by atoms with Crippen molar-refractivity contribution in [2.75, 3.05) is 30.4 Å². The van der Waals surface area contributed by atoms with Gasteiger partial charge in [-0.3, -0.25) is 14.5 Å². The molecular formula is C21H21N3O4S2. The van der Waals surface area contributed by atoms with Crippen molar-refractivity contribution >= 4 is 45.0 Å². The highest BCUT2D eigenvalue weighted by molar-refractivity contribution is 8.02. The minimum Gasteiger partial charge on any atom is -0.309 e. The summed E-state index contributed by atoms with van der Waals surface area (Å²) in [6.45, 7) is 0.473. The van der Waals surface area contributed by atoms with Gasteiger partial charge in [0.05, 0.1) is 10.6 Å². The number of thioether (sulfide) groups is 1. The van der Waals surface area contributed by atoms with Gasteiger partial charge in [-0.15, -0.1) is 0 Å². The van der Waals surface area contributed by atoms with E-state index in [9.17, 15) is 18.0 Å². The summed E-state index contributed by atoms with van der Waals surface area (Å²) in [5.74, 6) is -0.149. The average molecular weight is 444 g/mol. The van der Waals surface area contributed by atoms with Crippen LogP contribution in [0.2, 0.25) is 0 Å². The number of carbonyl (C=O) groups is 2. The SMILES string of the molecule is CN(C)S(=O)(=O)c1ccc2c(c1)CCN2C(=O)C12CCC(=O)N1c1ccccc1S2. The van der Waals surface area contributed by atoms with Crippen LogP contribution >= 0.6 is 11.8 Å². The Morgan fingerprint density at radius 3 is 2.63 bits per heavy atom. The Bertz CT molecular complexity index is 1190. The number of hydrogen-bond acceptors (Lipinski definition) is 5. The fourth-order valence-electron chi connectivity index (χ4n) is 4.45. The lowest BCUT2D eigenvalue weighted by atomic mass is 10.1. The molecule has 1 fully saturated rings. The highest BCUT2D eigenvalue weighted by Gasteiger charge is 2.59. The summed E-state index contributed by atoms with van der Waals surface area (Å²) in [5.41, 5.74) is 2.35. The first kappa shape index (κ1) is 19.6. The largest absolute Gasteiger partial charge is 0.309 e. The zero-order valence-electron chi connectivity index (χ0n) is 16.7. The third-order valence-corrected chi connectivity index (χ3v) is 9.25. The van der Waals surface area contributed by atoms with E-state index in [1.54, 1.807) is 28.0 Å². The van der Waals surface area contributed by atoms with Crippen molar-refractivity contribution in [3.63, 3.8) is 0 Å². The molecule has 3 aliphatic heterocycles. The molecule has 2 aromatic carbocycles. The van der Waals surface area contributed by atoms with Crippen LogP contribution in [0.4, 0.5) is 11.4 Å². The van der Waals surface area contributed by atoms with Gasteiger partial charge >= 0.3 is 0 Å². The van der Waals surface area contributed by atoms with Crippen molar-refractivity contribution in [1.82, 2.24) is 4.31 Å². The van der Waals surface area contributed by atoms with Crippen LogP contribution in [0.15, 0.2) is 52.3 Å². The van der Waals surface area contributed by atoms with Gasteiger partial charge in [0.1, 0.15) is 0 Å². The van der Waals surface area contributed by atoms with E-state index in [1.807, 2.05) is 24.3 Å². The van der Waals surface area contributed by atoms with Crippen LogP contribution in [-0.2, 0) is 26.0 Å². The molecule has 0 saturated carbocycles. The molecule has 1 saturated heterocycles. The second kappa shape index (κ2) is 6.57. The van der Waals surface area contributed by atoms with Crippen molar-refractivity contribution < 1.29 is 18.0 Å². The van der Waals surface area contributed by atoms with Gasteiger partial charge in [0.25, 0.3) is 5.91 Å². The summed E-state index contributed by atoms with van der Waals surface area (Å²) in [5, 5.41) is 0. The molecule has 3 heterocycles. The normalized spacial score (nSPS) is 22.4. The molecule has 2 amide bonds. The molecule has 30 heavy (non-hydrogen) atoms. The van der Waals surface area contributed by atoms with Crippen LogP contribution in [0.1, 0.15) is 18.4 Å². The van der Waals surface area contributed by atoms with Crippen molar-refractivity contribution in [2.45, 2.75) is 33.9 Å². The van der Waals surface area contributed by atoms with Crippen LogP contribution in [0.3, 0.4) is 0 Å². The predicted octanol–water partition coefficient (Wildman–Crippen LogP) is 2.46. The molecule has 0 bridgehead atoms. The third-order valence-electron chi connectivity index (χ3n) is 5.98. The van der Waals surface area contributed by atoms with E-state index in [0.29, 0.717) is 25.8 Å². The lowest BCUT2D eigenvalue weighted by Crippen LogP contribution is -2.53. The minimum absolute atomic E-state index is 0.0346. The summed E-state index contributed by atoms with van der Waals surface area (Å²) in [4.78, 5) is 30.1. The van der Waals surface area contributed by atoms with Crippen molar-refractivity contribution in [1.29, 1.82) is 0 Å². The Morgan fingerprint density at radius 1 is 1.10 bits per heavy atom. The first-order valence-electron chi connectivity index (χ1n) is 9.74. The molecule has 0 N–H and O–H groups in total. The monoisotopic (exact) mass is 443 g/mol. The van der Waals surface area contributed by atoms with E-state index in [2.05, 4.69) is 0 Å². The Labute approximate surface area is 179 Å². The van der Waals surface area contributed by atoms with E-state index >= 15 is 0 Å². The highest BCUT2D eigenvalue weighted by atomic mass is 32.2. The van der Waals surface area contributed by atoms with Crippen molar-refractivity contribution in [3.05, 3.63) is 48.0 Å². The number of amides is 2. The second-order valence-corrected chi connectivity index (χ2v) is 11.3. The van der Waals surface area contributed by atoms with Crippen LogP contribution in [-0.4, -0.2) is 50.0 Å². The number of anilines is 2. The fourth-order valence-corrected chi connectivity index (χ4v) is 6.87. The van der Waals surface area contributed by atoms with Gasteiger partial charge in [0, 0.05) is 37.6 Å². The van der Waals surface area contributed by atoms with Crippen molar-refractivity contribution in [3.8, 4) is 0 Å². The molecule has 9 heteroatoms. The predicted molar refractivity (Wildman–Crippen MR) is 115 cm³/mol. The third kappa shape index (κ3) is 2.58. The van der Waals surface area contributed by atoms with E-state index in [0.717, 1.165) is 21.8 Å². The maximum absolute atomic E-state index is 13.8. The first-order chi connectivity index (χ1) is 14.3. The van der Waals surface area contributed by atoms with Crippen LogP contribution in [0.5, 0.6) is 0 Å². The van der Waals surface area contributed by atoms with Crippen LogP contribution in [0.25, 0.3) is 0 Å². The summed E-state index contributed by atoms with van der Waals surface area (Å²) >= 11 is 1.45. The van der Waals surface area contributed by atoms with Crippen LogP contribution in [0, 0.1) is 0 Å². The molecule has 156 valence electrons. The number of para-hydroxylation sites is 1. The van der Waals surface area contributed by atoms with E-state index in [-0.39, 0.29) is 16.7 Å². The van der Waals surface area contributed by atoms with Gasteiger partial charge in [-0.1, -0.05) is 23.9 Å². The molecule has 5 rings (SSSR count). The molecule has 0 aliphatic carbocycles. The molecule has 7 nitrogen and oxygen atoms in total. The minimum atomic E-state index is -3.54. The van der Waals surface area contributed by atoms with Gasteiger partial charge in [0.2, 0.25) is 15.9 Å². The van der Waals surface area contributed by atoms with Gasteiger partial charge < -0.3 is 4.90 Å². The molecule has 0 spiro atoms. The number of nitrogens with zero attached hydrogens (tertiary/aromatic N) is 3. The van der Waals surface area contributed by atoms with Gasteiger partial charge in [-0.25, -0.2) is 12.7 Å². The summed E-state index contributed by atoms with van der Waals surface area (Å²) in [7, 11) is -0.542. The zero-order valence-corrected chi connectivity index (χ0v) is 18.3. The topological polar surface area (TPSA) is 78.0 Å². The van der Waals surface area contributed by atoms with E-state index in [1.165, 1.54) is 30.2 Å². The zero-order chi connectivity index (χ0) is 21.3. The van der Waals surface area contributed by atoms with Gasteiger partial charge in [-0.2, -0.15) is 0 Å². The average Bonchev–Trinajstić information content (AvgIpc) is 3.39. The Kier molecular flexibility index (Phi) is 4.29. The lowest BCUT2D eigenvalue weighted by molar-refractivity contribution is -0.122. The number of sulfonamides is 1. The van der Waals surface area contributed by atoms with Crippen LogP contribution < -0.4 is 9.80 Å². The summed E-state index contributed by atoms with van der Waals surface area (Å²) in [6, 6.07) is 12.5. The Hall–Kier alpha value is -2.36.